The van der Waals surface area contributed by atoms with E-state index in [0.717, 1.165) is 11.4 Å². The van der Waals surface area contributed by atoms with Crippen LogP contribution in [0, 0.1) is 7.05 Å². The van der Waals surface area contributed by atoms with E-state index in [1.54, 1.807) is 6.92 Å². The summed E-state index contributed by atoms with van der Waals surface area (Å²) in [5, 5.41) is 18.8. The van der Waals surface area contributed by atoms with Crippen LogP contribution in [0.3, 0.4) is 0 Å². The number of piperidine rings is 1. The second-order valence-corrected chi connectivity index (χ2v) is 3.34. The number of hydrogen-bond donors (Lipinski definition) is 3. The van der Waals surface area contributed by atoms with Gasteiger partial charge < -0.3 is 15.1 Å². The Hall–Kier alpha value is -0.120. The van der Waals surface area contributed by atoms with Gasteiger partial charge in [-0.1, -0.05) is 0 Å². The van der Waals surface area contributed by atoms with Gasteiger partial charge in [-0.25, -0.2) is 0 Å². The molecule has 1 heterocycles. The van der Waals surface area contributed by atoms with Gasteiger partial charge >= 0.3 is 0 Å². The van der Waals surface area contributed by atoms with E-state index < -0.39 is 11.7 Å². The third-order valence-corrected chi connectivity index (χ3v) is 2.10. The van der Waals surface area contributed by atoms with E-state index in [0.29, 0.717) is 13.0 Å². The second-order valence-electron chi connectivity index (χ2n) is 3.34. The molecule has 0 aromatic rings. The summed E-state index contributed by atoms with van der Waals surface area (Å²) in [4.78, 5) is 1.04. The smallest absolute Gasteiger partial charge is 0.134 e. The van der Waals surface area contributed by atoms with Crippen molar-refractivity contribution in [1.82, 2.24) is 0 Å². The Bertz CT molecular complexity index is 125. The lowest BCUT2D eigenvalue weighted by Gasteiger charge is -2.39. The predicted molar refractivity (Wildman–Crippen MR) is 37.3 cm³/mol. The molecule has 0 aliphatic carbocycles. The van der Waals surface area contributed by atoms with Crippen molar-refractivity contribution in [3.8, 4) is 0 Å². The van der Waals surface area contributed by atoms with Gasteiger partial charge in [-0.3, -0.25) is 0 Å². The highest BCUT2D eigenvalue weighted by Crippen LogP contribution is 2.12. The number of hydrogen-bond acceptors (Lipinski definition) is 2. The topological polar surface area (TPSA) is 44.9 Å². The molecule has 0 bridgehead atoms. The van der Waals surface area contributed by atoms with Crippen LogP contribution >= 0.6 is 0 Å². The summed E-state index contributed by atoms with van der Waals surface area (Å²) in [5.41, 5.74) is -0.935. The summed E-state index contributed by atoms with van der Waals surface area (Å²) in [7, 11) is 3.77. The molecule has 0 radical (unpaired) electrons. The maximum Gasteiger partial charge on any atom is 0.134 e. The van der Waals surface area contributed by atoms with Gasteiger partial charge in [-0.2, -0.15) is 7.05 Å². The first-order chi connectivity index (χ1) is 4.52. The molecule has 60 valence electrons. The summed E-state index contributed by atoms with van der Waals surface area (Å²) in [6, 6.07) is 0. The molecule has 0 aromatic carbocycles. The molecule has 1 unspecified atom stereocenters. The fraction of sp³-hybridized carbons (Fsp3) is 0.857. The largest absolute Gasteiger partial charge is 0.465 e. The number of aliphatic hydroxyl groups excluding tert-OH is 1. The van der Waals surface area contributed by atoms with Crippen molar-refractivity contribution in [3.05, 3.63) is 7.05 Å². The van der Waals surface area contributed by atoms with E-state index in [9.17, 15) is 10.2 Å². The number of likely N-dealkylation sites (tertiary alicyclic amines) is 1. The van der Waals surface area contributed by atoms with Crippen LogP contribution in [-0.4, -0.2) is 35.0 Å². The predicted octanol–water partition coefficient (Wildman–Crippen LogP) is -1.82. The minimum atomic E-state index is -0.935. The van der Waals surface area contributed by atoms with Crippen molar-refractivity contribution in [2.24, 2.45) is 0 Å². The Kier molecular flexibility index (Phi) is 1.99. The maximum absolute atomic E-state index is 9.50. The van der Waals surface area contributed by atoms with Crippen LogP contribution < -0.4 is 4.90 Å². The first kappa shape index (κ1) is 7.98. The average Bonchev–Trinajstić information content (AvgIpc) is 1.78. The van der Waals surface area contributed by atoms with Crippen LogP contribution in [0.15, 0.2) is 0 Å². The summed E-state index contributed by atoms with van der Waals surface area (Å²) in [5.74, 6) is 0. The Balaban J connectivity index is 2.55. The molecule has 3 nitrogen and oxygen atoms in total. The van der Waals surface area contributed by atoms with Gasteiger partial charge in [0, 0.05) is 6.42 Å². The number of rotatable bonds is 0. The molecular formula is C7H15NO2. The normalized spacial score (nSPS) is 49.2. The van der Waals surface area contributed by atoms with E-state index >= 15 is 0 Å². The van der Waals surface area contributed by atoms with Gasteiger partial charge in [0.25, 0.3) is 0 Å². The van der Waals surface area contributed by atoms with Crippen molar-refractivity contribution < 1.29 is 15.1 Å². The third kappa shape index (κ3) is 1.48. The maximum atomic E-state index is 9.50. The van der Waals surface area contributed by atoms with Crippen LogP contribution in [0.1, 0.15) is 13.3 Å². The zero-order valence-corrected chi connectivity index (χ0v) is 6.30. The van der Waals surface area contributed by atoms with Crippen molar-refractivity contribution >= 4 is 0 Å². The second kappa shape index (κ2) is 2.49. The minimum absolute atomic E-state index is 0.536. The standard InChI is InChI=1S/C7H15NO2/c1-7(10)5-8(2)4-3-6(7)9/h6,8-10H,2-5H2,1H3/t6-,7+/m1/s1. The Labute approximate surface area is 61.3 Å². The Morgan fingerprint density at radius 2 is 2.30 bits per heavy atom. The van der Waals surface area contributed by atoms with E-state index in [1.165, 1.54) is 0 Å². The molecule has 1 aliphatic heterocycles. The molecule has 0 saturated carbocycles. The zero-order valence-electron chi connectivity index (χ0n) is 6.30. The molecular weight excluding hydrogens is 130 g/mol. The fourth-order valence-corrected chi connectivity index (χ4v) is 1.36. The van der Waals surface area contributed by atoms with Crippen molar-refractivity contribution in [3.63, 3.8) is 0 Å². The van der Waals surface area contributed by atoms with Crippen molar-refractivity contribution in [2.45, 2.75) is 25.0 Å². The molecule has 10 heavy (non-hydrogen) atoms. The van der Waals surface area contributed by atoms with Gasteiger partial charge in [0.2, 0.25) is 0 Å². The summed E-state index contributed by atoms with van der Waals surface area (Å²) in [6.45, 7) is 3.04. The summed E-state index contributed by atoms with van der Waals surface area (Å²) >= 11 is 0. The van der Waals surface area contributed by atoms with E-state index in [2.05, 4.69) is 7.05 Å². The monoisotopic (exact) mass is 145 g/mol. The third-order valence-electron chi connectivity index (χ3n) is 2.10. The Morgan fingerprint density at radius 1 is 1.70 bits per heavy atom. The fourth-order valence-electron chi connectivity index (χ4n) is 1.36. The summed E-state index contributed by atoms with van der Waals surface area (Å²) in [6.07, 6.45) is 0.0734. The molecule has 3 N–H and O–H groups in total. The van der Waals surface area contributed by atoms with Gasteiger partial charge in [-0.05, 0) is 6.92 Å². The summed E-state index contributed by atoms with van der Waals surface area (Å²) < 4.78 is 0. The molecule has 3 atom stereocenters. The number of aliphatic hydroxyl groups is 2. The Morgan fingerprint density at radius 3 is 2.70 bits per heavy atom. The van der Waals surface area contributed by atoms with Gasteiger partial charge in [-0.15, -0.1) is 0 Å². The SMILES string of the molecule is [CH2-][NH+]1CC[C@@H](O)[C@@](C)(O)C1. The highest BCUT2D eigenvalue weighted by atomic mass is 16.3. The molecule has 1 rings (SSSR count). The lowest BCUT2D eigenvalue weighted by Crippen LogP contribution is -3.11. The highest BCUT2D eigenvalue weighted by molar-refractivity contribution is 4.83. The minimum Gasteiger partial charge on any atom is -0.465 e. The van der Waals surface area contributed by atoms with Gasteiger partial charge in [0.05, 0.1) is 19.2 Å². The van der Waals surface area contributed by atoms with E-state index in [-0.39, 0.29) is 0 Å². The van der Waals surface area contributed by atoms with Crippen LogP contribution in [0.25, 0.3) is 0 Å². The molecule has 0 amide bonds. The molecule has 3 heteroatoms. The van der Waals surface area contributed by atoms with Crippen LogP contribution in [0.5, 0.6) is 0 Å². The number of nitrogens with one attached hydrogen (secondary N) is 1. The number of quaternary nitrogens is 1. The van der Waals surface area contributed by atoms with E-state index in [1.807, 2.05) is 0 Å². The van der Waals surface area contributed by atoms with Crippen LogP contribution in [0.4, 0.5) is 0 Å². The average molecular weight is 145 g/mol. The quantitative estimate of drug-likeness (QED) is 0.351. The zero-order chi connectivity index (χ0) is 7.78. The van der Waals surface area contributed by atoms with Crippen molar-refractivity contribution in [1.29, 1.82) is 0 Å². The van der Waals surface area contributed by atoms with E-state index in [4.69, 9.17) is 0 Å². The molecule has 1 saturated heterocycles. The van der Waals surface area contributed by atoms with Crippen molar-refractivity contribution in [2.75, 3.05) is 13.1 Å². The first-order valence-corrected chi connectivity index (χ1v) is 3.59. The van der Waals surface area contributed by atoms with Crippen LogP contribution in [-0.2, 0) is 0 Å². The van der Waals surface area contributed by atoms with Gasteiger partial charge in [0.15, 0.2) is 0 Å². The lowest BCUT2D eigenvalue weighted by atomic mass is 9.92. The van der Waals surface area contributed by atoms with Crippen LogP contribution in [0.2, 0.25) is 0 Å². The molecule has 0 aromatic heterocycles. The molecule has 0 spiro atoms. The van der Waals surface area contributed by atoms with Gasteiger partial charge in [0.1, 0.15) is 5.60 Å². The lowest BCUT2D eigenvalue weighted by molar-refractivity contribution is -0.869. The first-order valence-electron chi connectivity index (χ1n) is 3.59. The molecule has 1 aliphatic rings. The highest BCUT2D eigenvalue weighted by Gasteiger charge is 2.36. The molecule has 1 fully saturated rings.